The third kappa shape index (κ3) is 3.53. The maximum Gasteiger partial charge on any atom is 0.227 e. The van der Waals surface area contributed by atoms with Crippen molar-refractivity contribution in [2.45, 2.75) is 45.6 Å². The standard InChI is InChI=1S/C20H27N3O/c1-15-19(13-21-22(15)3)12-20(24)23(14-17-8-7-9-17)16(2)18-10-5-4-6-11-18/h4-6,10-11,13,16-17H,7-9,12,14H2,1-3H3. The molecule has 1 aromatic carbocycles. The van der Waals surface area contributed by atoms with Gasteiger partial charge < -0.3 is 4.90 Å². The van der Waals surface area contributed by atoms with Crippen LogP contribution >= 0.6 is 0 Å². The fraction of sp³-hybridized carbons (Fsp3) is 0.500. The highest BCUT2D eigenvalue weighted by Crippen LogP contribution is 2.31. The molecule has 3 rings (SSSR count). The van der Waals surface area contributed by atoms with Gasteiger partial charge in [0.2, 0.25) is 5.91 Å². The molecule has 0 aliphatic heterocycles. The van der Waals surface area contributed by atoms with Gasteiger partial charge in [0.05, 0.1) is 18.7 Å². The largest absolute Gasteiger partial charge is 0.335 e. The minimum absolute atomic E-state index is 0.108. The number of aromatic nitrogens is 2. The Morgan fingerprint density at radius 2 is 2.04 bits per heavy atom. The Kier molecular flexibility index (Phi) is 5.03. The van der Waals surface area contributed by atoms with E-state index in [1.807, 2.05) is 43.0 Å². The highest BCUT2D eigenvalue weighted by molar-refractivity contribution is 5.79. The number of carbonyl (C=O) groups excluding carboxylic acids is 1. The molecule has 1 unspecified atom stereocenters. The van der Waals surface area contributed by atoms with Crippen LogP contribution in [0.4, 0.5) is 0 Å². The lowest BCUT2D eigenvalue weighted by molar-refractivity contribution is -0.133. The number of benzene rings is 1. The van der Waals surface area contributed by atoms with Crippen molar-refractivity contribution in [3.8, 4) is 0 Å². The van der Waals surface area contributed by atoms with Gasteiger partial charge in [0.25, 0.3) is 0 Å². The molecule has 1 aromatic heterocycles. The van der Waals surface area contributed by atoms with E-state index in [0.717, 1.165) is 17.8 Å². The van der Waals surface area contributed by atoms with Crippen LogP contribution in [0.1, 0.15) is 49.0 Å². The molecule has 24 heavy (non-hydrogen) atoms. The Hall–Kier alpha value is -2.10. The van der Waals surface area contributed by atoms with Gasteiger partial charge in [-0.15, -0.1) is 0 Å². The Labute approximate surface area is 144 Å². The molecular formula is C20H27N3O. The molecule has 2 aromatic rings. The number of hydrogen-bond acceptors (Lipinski definition) is 2. The Morgan fingerprint density at radius 1 is 1.33 bits per heavy atom. The van der Waals surface area contributed by atoms with Gasteiger partial charge >= 0.3 is 0 Å². The smallest absolute Gasteiger partial charge is 0.227 e. The quantitative estimate of drug-likeness (QED) is 0.813. The number of amides is 1. The van der Waals surface area contributed by atoms with E-state index >= 15 is 0 Å². The third-order valence-corrected chi connectivity index (χ3v) is 5.43. The first-order chi connectivity index (χ1) is 11.6. The predicted octanol–water partition coefficient (Wildman–Crippen LogP) is 3.66. The first-order valence-electron chi connectivity index (χ1n) is 8.88. The van der Waals surface area contributed by atoms with Gasteiger partial charge in [-0.05, 0) is 38.2 Å². The second-order valence-electron chi connectivity index (χ2n) is 6.99. The van der Waals surface area contributed by atoms with Crippen LogP contribution < -0.4 is 0 Å². The summed E-state index contributed by atoms with van der Waals surface area (Å²) >= 11 is 0. The lowest BCUT2D eigenvalue weighted by atomic mass is 9.84. The van der Waals surface area contributed by atoms with Crippen molar-refractivity contribution in [3.05, 3.63) is 53.3 Å². The molecule has 0 N–H and O–H groups in total. The summed E-state index contributed by atoms with van der Waals surface area (Å²) in [5.74, 6) is 0.865. The van der Waals surface area contributed by atoms with Gasteiger partial charge in [-0.25, -0.2) is 0 Å². The fourth-order valence-electron chi connectivity index (χ4n) is 3.32. The lowest BCUT2D eigenvalue weighted by Gasteiger charge is -2.36. The van der Waals surface area contributed by atoms with Crippen LogP contribution in [0.2, 0.25) is 0 Å². The summed E-state index contributed by atoms with van der Waals surface area (Å²) in [5, 5.41) is 4.27. The van der Waals surface area contributed by atoms with Crippen molar-refractivity contribution in [1.29, 1.82) is 0 Å². The summed E-state index contributed by atoms with van der Waals surface area (Å²) in [5.41, 5.74) is 3.30. The molecule has 1 amide bonds. The molecule has 1 fully saturated rings. The SMILES string of the molecule is Cc1c(CC(=O)N(CC2CCC2)C(C)c2ccccc2)cnn1C. The monoisotopic (exact) mass is 325 g/mol. The normalized spacial score (nSPS) is 15.8. The number of hydrogen-bond donors (Lipinski definition) is 0. The maximum atomic E-state index is 13.1. The van der Waals surface area contributed by atoms with Crippen LogP contribution in [-0.2, 0) is 18.3 Å². The van der Waals surface area contributed by atoms with Gasteiger partial charge in [0, 0.05) is 24.8 Å². The zero-order valence-corrected chi connectivity index (χ0v) is 14.9. The molecule has 4 heteroatoms. The van der Waals surface area contributed by atoms with Crippen LogP contribution in [0.5, 0.6) is 0 Å². The van der Waals surface area contributed by atoms with E-state index in [0.29, 0.717) is 12.3 Å². The summed E-state index contributed by atoms with van der Waals surface area (Å²) in [7, 11) is 1.92. The van der Waals surface area contributed by atoms with Gasteiger partial charge in [0.1, 0.15) is 0 Å². The number of rotatable bonds is 6. The molecule has 1 saturated carbocycles. The van der Waals surface area contributed by atoms with Crippen LogP contribution in [0.25, 0.3) is 0 Å². The minimum Gasteiger partial charge on any atom is -0.335 e. The first-order valence-corrected chi connectivity index (χ1v) is 8.88. The molecule has 128 valence electrons. The minimum atomic E-state index is 0.108. The van der Waals surface area contributed by atoms with Gasteiger partial charge in [-0.3, -0.25) is 9.48 Å². The predicted molar refractivity (Wildman–Crippen MR) is 95.6 cm³/mol. The number of carbonyl (C=O) groups is 1. The zero-order chi connectivity index (χ0) is 17.1. The van der Waals surface area contributed by atoms with Crippen LogP contribution in [0, 0.1) is 12.8 Å². The van der Waals surface area contributed by atoms with E-state index in [4.69, 9.17) is 0 Å². The van der Waals surface area contributed by atoms with Crippen LogP contribution in [0.15, 0.2) is 36.5 Å². The molecule has 0 spiro atoms. The molecule has 0 saturated heterocycles. The molecule has 1 aliphatic carbocycles. The average molecular weight is 325 g/mol. The van der Waals surface area contributed by atoms with Gasteiger partial charge in [-0.1, -0.05) is 36.8 Å². The molecule has 0 radical (unpaired) electrons. The Balaban J connectivity index is 1.78. The van der Waals surface area contributed by atoms with E-state index in [-0.39, 0.29) is 11.9 Å². The molecule has 1 heterocycles. The van der Waals surface area contributed by atoms with E-state index in [2.05, 4.69) is 29.1 Å². The first kappa shape index (κ1) is 16.7. The average Bonchev–Trinajstić information content (AvgIpc) is 2.86. The summed E-state index contributed by atoms with van der Waals surface area (Å²) in [6.45, 7) is 5.03. The van der Waals surface area contributed by atoms with E-state index in [1.165, 1.54) is 24.8 Å². The van der Waals surface area contributed by atoms with E-state index < -0.39 is 0 Å². The Morgan fingerprint density at radius 3 is 2.58 bits per heavy atom. The molecule has 4 nitrogen and oxygen atoms in total. The summed E-state index contributed by atoms with van der Waals surface area (Å²) < 4.78 is 1.83. The second kappa shape index (κ2) is 7.20. The highest BCUT2D eigenvalue weighted by atomic mass is 16.2. The molecule has 1 atom stereocenters. The second-order valence-corrected chi connectivity index (χ2v) is 6.99. The summed E-state index contributed by atoms with van der Waals surface area (Å²) in [6, 6.07) is 10.4. The summed E-state index contributed by atoms with van der Waals surface area (Å²) in [4.78, 5) is 15.1. The van der Waals surface area contributed by atoms with Gasteiger partial charge in [-0.2, -0.15) is 5.10 Å². The van der Waals surface area contributed by atoms with E-state index in [9.17, 15) is 4.79 Å². The fourth-order valence-corrected chi connectivity index (χ4v) is 3.32. The lowest BCUT2D eigenvalue weighted by Crippen LogP contribution is -2.40. The van der Waals surface area contributed by atoms with Crippen molar-refractivity contribution in [2.75, 3.05) is 6.54 Å². The van der Waals surface area contributed by atoms with Crippen molar-refractivity contribution in [3.63, 3.8) is 0 Å². The van der Waals surface area contributed by atoms with E-state index in [1.54, 1.807) is 0 Å². The van der Waals surface area contributed by atoms with Crippen molar-refractivity contribution in [1.82, 2.24) is 14.7 Å². The van der Waals surface area contributed by atoms with Crippen molar-refractivity contribution in [2.24, 2.45) is 13.0 Å². The van der Waals surface area contributed by atoms with Gasteiger partial charge in [0.15, 0.2) is 0 Å². The number of nitrogens with zero attached hydrogens (tertiary/aromatic N) is 3. The topological polar surface area (TPSA) is 38.1 Å². The third-order valence-electron chi connectivity index (χ3n) is 5.43. The Bertz CT molecular complexity index is 688. The zero-order valence-electron chi connectivity index (χ0n) is 14.9. The molecule has 1 aliphatic rings. The van der Waals surface area contributed by atoms with Crippen molar-refractivity contribution < 1.29 is 4.79 Å². The number of aryl methyl sites for hydroxylation is 1. The molecule has 0 bridgehead atoms. The summed E-state index contributed by atoms with van der Waals surface area (Å²) in [6.07, 6.45) is 6.05. The van der Waals surface area contributed by atoms with Crippen molar-refractivity contribution >= 4 is 5.91 Å². The van der Waals surface area contributed by atoms with Crippen LogP contribution in [0.3, 0.4) is 0 Å². The van der Waals surface area contributed by atoms with Crippen LogP contribution in [-0.4, -0.2) is 27.1 Å². The maximum absolute atomic E-state index is 13.1. The highest BCUT2D eigenvalue weighted by Gasteiger charge is 2.28. The molecular weight excluding hydrogens is 298 g/mol.